The van der Waals surface area contributed by atoms with Crippen LogP contribution in [-0.2, 0) is 67.0 Å². The van der Waals surface area contributed by atoms with Gasteiger partial charge in [0.1, 0.15) is 60.0 Å². The summed E-state index contributed by atoms with van der Waals surface area (Å²) in [6, 6.07) is -11.5. The number of nitrogens with two attached hydrogens (primary N) is 2. The van der Waals surface area contributed by atoms with Gasteiger partial charge in [-0.3, -0.25) is 58.1 Å². The van der Waals surface area contributed by atoms with Crippen molar-refractivity contribution in [2.24, 2.45) is 41.1 Å². The quantitative estimate of drug-likeness (QED) is 0.0205. The van der Waals surface area contributed by atoms with Gasteiger partial charge in [-0.1, -0.05) is 112 Å². The van der Waals surface area contributed by atoms with Crippen LogP contribution in [0.1, 0.15) is 147 Å². The van der Waals surface area contributed by atoms with Crippen LogP contribution in [0.5, 0.6) is 0 Å². The number of aliphatic hydroxyl groups excluding tert-OH is 4. The van der Waals surface area contributed by atoms with Crippen LogP contribution in [0.25, 0.3) is 0 Å². The Morgan fingerprint density at radius 1 is 0.670 bits per heavy atom. The lowest BCUT2D eigenvalue weighted by atomic mass is 9.95. The topological polar surface area (TPSA) is 542 Å². The Morgan fingerprint density at radius 2 is 1.23 bits per heavy atom. The number of ether oxygens (including phenoxy) is 2. The van der Waals surface area contributed by atoms with E-state index >= 15 is 14.4 Å². The smallest absolute Gasteiger partial charge is 0.408 e. The molecule has 34 nitrogen and oxygen atoms in total. The summed E-state index contributed by atoms with van der Waals surface area (Å²) >= 11 is 0. The van der Waals surface area contributed by atoms with Crippen molar-refractivity contribution in [2.75, 3.05) is 19.7 Å². The zero-order chi connectivity index (χ0) is 73.9. The fourth-order valence-electron chi connectivity index (χ4n) is 9.78. The summed E-state index contributed by atoms with van der Waals surface area (Å²) in [7, 11) is 0. The van der Waals surface area contributed by atoms with E-state index in [9.17, 15) is 68.4 Å². The molecule has 21 N–H and O–H groups in total. The van der Waals surface area contributed by atoms with Crippen molar-refractivity contribution in [3.8, 4) is 0 Å². The third kappa shape index (κ3) is 28.1. The summed E-state index contributed by atoms with van der Waals surface area (Å²) < 4.78 is 11.4. The number of nitrogens with one attached hydrogen (secondary N) is 13. The number of cyclic esters (lactones) is 1. The molecule has 1 aromatic rings. The summed E-state index contributed by atoms with van der Waals surface area (Å²) in [5, 5.41) is 81.1. The van der Waals surface area contributed by atoms with Crippen molar-refractivity contribution in [1.29, 1.82) is 5.41 Å². The maximum Gasteiger partial charge on any atom is 0.408 e. The number of amides is 12. The molecule has 1 fully saturated rings. The van der Waals surface area contributed by atoms with Gasteiger partial charge in [-0.05, 0) is 88.5 Å². The largest absolute Gasteiger partial charge is 0.453 e. The third-order valence-electron chi connectivity index (χ3n) is 15.6. The molecule has 1 saturated heterocycles. The highest BCUT2D eigenvalue weighted by molar-refractivity contribution is 6.00. The molecule has 0 aromatic heterocycles. The zero-order valence-electron chi connectivity index (χ0n) is 57.8. The summed E-state index contributed by atoms with van der Waals surface area (Å²) in [6.07, 6.45) is -9.16. The number of guanidine groups is 1. The molecule has 0 bridgehead atoms. The van der Waals surface area contributed by atoms with Crippen LogP contribution in [-0.4, -0.2) is 207 Å². The molecule has 1 heterocycles. The molecule has 16 atom stereocenters. The first-order chi connectivity index (χ1) is 45.2. The SMILES string of the molecule is CC[C@H](C)C1NC(=O)[C@@H](CCCNC(=N)N)NC(=O)[C@H](CC(C)C)NC(=O)[C@H]([C@H](O)C(C)C)NC(=O)[C@@H](NC(=O)[C@H](CC(C)C)NC(=O)[C@@H](NC(=O)OC(C)(C)C)[C@@H](C)CC)[C@@H](c2ccccc2)OC(=O)[C@H](CO)NC(=O)[C@H]([C@H](O)C(N)=O)NC(=O)CNC(=O)C([C@H](C)O)NC1=O. The molecule has 12 amide bonds. The van der Waals surface area contributed by atoms with Crippen molar-refractivity contribution in [2.45, 2.75) is 226 Å². The molecule has 0 saturated carbocycles. The number of hydrogen-bond donors (Lipinski definition) is 19. The van der Waals surface area contributed by atoms with Crippen LogP contribution < -0.4 is 75.3 Å². The second-order valence-corrected chi connectivity index (χ2v) is 26.4. The van der Waals surface area contributed by atoms with E-state index in [4.69, 9.17) is 26.4 Å². The first-order valence-corrected chi connectivity index (χ1v) is 32.5. The van der Waals surface area contributed by atoms with Crippen LogP contribution in [0.2, 0.25) is 0 Å². The minimum absolute atomic E-state index is 0.000510. The normalized spacial score (nSPS) is 24.1. The molecule has 2 unspecified atom stereocenters. The van der Waals surface area contributed by atoms with Crippen molar-refractivity contribution in [3.05, 3.63) is 35.9 Å². The second kappa shape index (κ2) is 40.1. The third-order valence-corrected chi connectivity index (χ3v) is 15.6. The average molecular weight is 1380 g/mol. The van der Waals surface area contributed by atoms with E-state index < -0.39 is 216 Å². The molecule has 97 heavy (non-hydrogen) atoms. The molecular formula is C63H105N15O19. The first kappa shape index (κ1) is 84.3. The van der Waals surface area contributed by atoms with E-state index in [1.54, 1.807) is 76.2 Å². The highest BCUT2D eigenvalue weighted by atomic mass is 16.6. The van der Waals surface area contributed by atoms with Crippen LogP contribution in [0, 0.1) is 35.0 Å². The Bertz CT molecular complexity index is 2880. The molecule has 0 radical (unpaired) electrons. The fourth-order valence-corrected chi connectivity index (χ4v) is 9.78. The Labute approximate surface area is 565 Å². The lowest BCUT2D eigenvalue weighted by molar-refractivity contribution is -0.159. The minimum Gasteiger partial charge on any atom is -0.453 e. The van der Waals surface area contributed by atoms with Gasteiger partial charge in [-0.25, -0.2) is 9.59 Å². The maximum atomic E-state index is 15.5. The van der Waals surface area contributed by atoms with E-state index in [1.165, 1.54) is 44.2 Å². The lowest BCUT2D eigenvalue weighted by Crippen LogP contribution is -2.64. The lowest BCUT2D eigenvalue weighted by Gasteiger charge is -2.34. The maximum absolute atomic E-state index is 15.5. The van der Waals surface area contributed by atoms with Gasteiger partial charge in [0, 0.05) is 6.54 Å². The van der Waals surface area contributed by atoms with Gasteiger partial charge >= 0.3 is 12.1 Å². The summed E-state index contributed by atoms with van der Waals surface area (Å²) in [5.41, 5.74) is 9.77. The molecule has 0 aliphatic carbocycles. The van der Waals surface area contributed by atoms with Gasteiger partial charge < -0.3 is 105 Å². The number of rotatable bonds is 24. The van der Waals surface area contributed by atoms with E-state index in [0.29, 0.717) is 6.42 Å². The predicted octanol–water partition coefficient (Wildman–Crippen LogP) is -3.66. The summed E-state index contributed by atoms with van der Waals surface area (Å²) in [4.78, 5) is 185. The summed E-state index contributed by atoms with van der Waals surface area (Å²) in [6.45, 7) is 19.8. The van der Waals surface area contributed by atoms with Crippen molar-refractivity contribution in [1.82, 2.24) is 63.8 Å². The number of esters is 1. The number of benzene rings is 1. The Kier molecular flexibility index (Phi) is 34.8. The second-order valence-electron chi connectivity index (χ2n) is 26.4. The zero-order valence-corrected chi connectivity index (χ0v) is 57.8. The molecule has 34 heteroatoms. The summed E-state index contributed by atoms with van der Waals surface area (Å²) in [5.74, 6) is -18.4. The van der Waals surface area contributed by atoms with Gasteiger partial charge in [-0.15, -0.1) is 0 Å². The van der Waals surface area contributed by atoms with Crippen molar-refractivity contribution >= 4 is 83.0 Å². The monoisotopic (exact) mass is 1380 g/mol. The first-order valence-electron chi connectivity index (χ1n) is 32.5. The number of primary amides is 1. The molecular weight excluding hydrogens is 1270 g/mol. The van der Waals surface area contributed by atoms with Gasteiger partial charge in [0.25, 0.3) is 0 Å². The average Bonchev–Trinajstić information content (AvgIpc) is 0.850. The highest BCUT2D eigenvalue weighted by Gasteiger charge is 2.44. The standard InChI is InChI=1S/C63H105N15O19/c1-15-32(9)41-56(90)75-43(34(11)80)54(88)68-27-40(81)73-45(48(83)50(64)84)58(92)72-39(28-79)60(94)96-49(35-21-18-17-19-22-35)46(77-53(87)38(26-30(5)6)70-55(89)42(33(10)16-2)78-62(95)97-63(12,13)14)59(93)76-44(47(82)31(7)8)57(91)71-37(25-29(3)4)52(86)69-36(51(85)74-41)23-20-24-67-61(65)66/h17-19,21-22,29-34,36-39,41-49,79-80,82-83H,15-16,20,23-28H2,1-14H3,(H2,64,84)(H,68,88)(H,69,86)(H,70,89)(H,71,91)(H,72,92)(H,73,81)(H,74,85)(H,75,90)(H,76,93)(H,77,87)(H,78,95)(H4,65,66,67)/t32-,33-,34-,36+,37-,38-,39-,41?,42-,43?,44-,45-,46-,47+,48-,49+/m0/s1. The van der Waals surface area contributed by atoms with Crippen LogP contribution in [0.4, 0.5) is 4.79 Å². The van der Waals surface area contributed by atoms with Crippen molar-refractivity contribution < 1.29 is 92.2 Å². The number of alkyl carbamates (subject to hydrolysis) is 1. The van der Waals surface area contributed by atoms with Crippen LogP contribution in [0.3, 0.4) is 0 Å². The molecule has 1 aromatic carbocycles. The molecule has 1 aliphatic rings. The molecule has 546 valence electrons. The van der Waals surface area contributed by atoms with Gasteiger partial charge in [0.15, 0.2) is 24.2 Å². The van der Waals surface area contributed by atoms with Crippen LogP contribution >= 0.6 is 0 Å². The van der Waals surface area contributed by atoms with Gasteiger partial charge in [0.2, 0.25) is 65.0 Å². The Morgan fingerprint density at radius 3 is 1.75 bits per heavy atom. The van der Waals surface area contributed by atoms with Gasteiger partial charge in [0.05, 0.1) is 25.4 Å². The molecule has 2 rings (SSSR count). The molecule has 1 aliphatic heterocycles. The van der Waals surface area contributed by atoms with E-state index in [-0.39, 0.29) is 44.2 Å². The Balaban J connectivity index is 3.17. The minimum atomic E-state index is -2.60. The molecule has 0 spiro atoms. The van der Waals surface area contributed by atoms with Crippen molar-refractivity contribution in [3.63, 3.8) is 0 Å². The number of carbonyl (C=O) groups is 13. The highest BCUT2D eigenvalue weighted by Crippen LogP contribution is 2.25. The van der Waals surface area contributed by atoms with Gasteiger partial charge in [-0.2, -0.15) is 0 Å². The number of aliphatic hydroxyl groups is 4. The number of carbonyl (C=O) groups excluding carboxylic acids is 13. The van der Waals surface area contributed by atoms with Crippen LogP contribution in [0.15, 0.2) is 30.3 Å². The predicted molar refractivity (Wildman–Crippen MR) is 351 cm³/mol. The fraction of sp³-hybridized carbons (Fsp3) is 0.683. The van der Waals surface area contributed by atoms with E-state index in [0.717, 1.165) is 6.92 Å². The van der Waals surface area contributed by atoms with E-state index in [1.807, 2.05) is 10.6 Å². The Hall–Kier alpha value is -8.76. The van der Waals surface area contributed by atoms with E-state index in [2.05, 4.69) is 53.2 Å². The number of hydrogen-bond acceptors (Lipinski definition) is 20.